The van der Waals surface area contributed by atoms with Gasteiger partial charge in [-0.2, -0.15) is 0 Å². The number of hydrogen-bond donors (Lipinski definition) is 0. The quantitative estimate of drug-likeness (QED) is 0.835. The van der Waals surface area contributed by atoms with Crippen LogP contribution in [0.25, 0.3) is 0 Å². The summed E-state index contributed by atoms with van der Waals surface area (Å²) in [7, 11) is 2.06. The summed E-state index contributed by atoms with van der Waals surface area (Å²) < 4.78 is 0. The van der Waals surface area contributed by atoms with E-state index in [1.165, 1.54) is 5.56 Å². The van der Waals surface area contributed by atoms with Crippen molar-refractivity contribution in [3.8, 4) is 0 Å². The number of para-hydroxylation sites is 1. The second-order valence-electron chi connectivity index (χ2n) is 7.01. The Morgan fingerprint density at radius 2 is 1.50 bits per heavy atom. The summed E-state index contributed by atoms with van der Waals surface area (Å²) in [6.07, 6.45) is 0.877. The molecule has 26 heavy (non-hydrogen) atoms. The Labute approximate surface area is 153 Å². The second-order valence-corrected chi connectivity index (χ2v) is 7.01. The maximum atomic E-state index is 13.0. The molecule has 2 aliphatic heterocycles. The van der Waals surface area contributed by atoms with Crippen molar-refractivity contribution < 1.29 is 9.59 Å². The van der Waals surface area contributed by atoms with Gasteiger partial charge < -0.3 is 14.7 Å². The van der Waals surface area contributed by atoms with E-state index in [0.717, 1.165) is 38.3 Å². The van der Waals surface area contributed by atoms with Crippen molar-refractivity contribution in [2.24, 2.45) is 0 Å². The lowest BCUT2D eigenvalue weighted by molar-refractivity contribution is 0.0664. The smallest absolute Gasteiger partial charge is 0.258 e. The third-order valence-electron chi connectivity index (χ3n) is 5.28. The van der Waals surface area contributed by atoms with E-state index in [2.05, 4.69) is 18.0 Å². The lowest BCUT2D eigenvalue weighted by Crippen LogP contribution is -2.47. The Kier molecular flexibility index (Phi) is 4.47. The van der Waals surface area contributed by atoms with Crippen LogP contribution in [0.3, 0.4) is 0 Å². The van der Waals surface area contributed by atoms with Crippen LogP contribution in [0.5, 0.6) is 0 Å². The molecule has 2 heterocycles. The van der Waals surface area contributed by atoms with Gasteiger partial charge in [0.05, 0.1) is 0 Å². The minimum absolute atomic E-state index is 0.00886. The van der Waals surface area contributed by atoms with Gasteiger partial charge in [-0.1, -0.05) is 24.3 Å². The maximum absolute atomic E-state index is 13.0. The summed E-state index contributed by atoms with van der Waals surface area (Å²) in [5.41, 5.74) is 3.34. The molecular weight excluding hydrogens is 326 g/mol. The molecular formula is C21H23N3O2. The number of benzene rings is 2. The first-order valence-electron chi connectivity index (χ1n) is 9.11. The Morgan fingerprint density at radius 3 is 2.27 bits per heavy atom. The molecule has 2 aromatic rings. The van der Waals surface area contributed by atoms with Gasteiger partial charge in [0.2, 0.25) is 0 Å². The Bertz CT molecular complexity index is 841. The summed E-state index contributed by atoms with van der Waals surface area (Å²) in [6.45, 7) is 3.92. The van der Waals surface area contributed by atoms with Crippen molar-refractivity contribution in [3.63, 3.8) is 0 Å². The predicted octanol–water partition coefficient (Wildman–Crippen LogP) is 2.28. The van der Waals surface area contributed by atoms with Gasteiger partial charge in [0.25, 0.3) is 11.8 Å². The topological polar surface area (TPSA) is 43.9 Å². The van der Waals surface area contributed by atoms with Gasteiger partial charge in [-0.05, 0) is 43.3 Å². The van der Waals surface area contributed by atoms with Gasteiger partial charge in [0.1, 0.15) is 0 Å². The maximum Gasteiger partial charge on any atom is 0.258 e. The third-order valence-corrected chi connectivity index (χ3v) is 5.28. The zero-order valence-corrected chi connectivity index (χ0v) is 15.0. The van der Waals surface area contributed by atoms with E-state index in [0.29, 0.717) is 17.7 Å². The summed E-state index contributed by atoms with van der Waals surface area (Å²) in [5, 5.41) is 0. The van der Waals surface area contributed by atoms with E-state index in [-0.39, 0.29) is 11.8 Å². The standard InChI is InChI=1S/C21H23N3O2/c1-22-11-13-23(14-12-22)20(25)17-6-4-7-18(15-17)21(26)24-10-9-16-5-2-3-8-19(16)24/h2-8,15H,9-14H2,1H3. The van der Waals surface area contributed by atoms with Crippen LogP contribution in [0.4, 0.5) is 5.69 Å². The molecule has 2 amide bonds. The molecule has 0 aliphatic carbocycles. The van der Waals surface area contributed by atoms with Gasteiger partial charge in [0, 0.05) is 49.5 Å². The third kappa shape index (κ3) is 3.10. The molecule has 4 rings (SSSR count). The molecule has 0 atom stereocenters. The van der Waals surface area contributed by atoms with Crippen molar-refractivity contribution >= 4 is 17.5 Å². The minimum Gasteiger partial charge on any atom is -0.336 e. The molecule has 2 aromatic carbocycles. The monoisotopic (exact) mass is 349 g/mol. The lowest BCUT2D eigenvalue weighted by atomic mass is 10.1. The Balaban J connectivity index is 1.54. The first-order chi connectivity index (χ1) is 12.6. The van der Waals surface area contributed by atoms with Crippen LogP contribution in [0.15, 0.2) is 48.5 Å². The van der Waals surface area contributed by atoms with Gasteiger partial charge in [-0.25, -0.2) is 0 Å². The van der Waals surface area contributed by atoms with Crippen LogP contribution in [0.2, 0.25) is 0 Å². The van der Waals surface area contributed by atoms with Crippen molar-refractivity contribution in [2.45, 2.75) is 6.42 Å². The molecule has 0 N–H and O–H groups in total. The van der Waals surface area contributed by atoms with Crippen molar-refractivity contribution in [1.29, 1.82) is 0 Å². The van der Waals surface area contributed by atoms with Gasteiger partial charge in [-0.15, -0.1) is 0 Å². The van der Waals surface area contributed by atoms with Crippen LogP contribution in [-0.2, 0) is 6.42 Å². The first-order valence-corrected chi connectivity index (χ1v) is 9.11. The van der Waals surface area contributed by atoms with Crippen LogP contribution in [0, 0.1) is 0 Å². The fourth-order valence-electron chi connectivity index (χ4n) is 3.68. The van der Waals surface area contributed by atoms with E-state index in [4.69, 9.17) is 0 Å². The number of piperazine rings is 1. The lowest BCUT2D eigenvalue weighted by Gasteiger charge is -2.32. The van der Waals surface area contributed by atoms with Crippen LogP contribution >= 0.6 is 0 Å². The van der Waals surface area contributed by atoms with Crippen LogP contribution in [0.1, 0.15) is 26.3 Å². The first kappa shape index (κ1) is 16.8. The Hall–Kier alpha value is -2.66. The number of likely N-dealkylation sites (N-methyl/N-ethyl adjacent to an activating group) is 1. The molecule has 1 fully saturated rings. The number of hydrogen-bond acceptors (Lipinski definition) is 3. The molecule has 5 nitrogen and oxygen atoms in total. The zero-order valence-electron chi connectivity index (χ0n) is 15.0. The number of amides is 2. The van der Waals surface area contributed by atoms with Gasteiger partial charge in [-0.3, -0.25) is 9.59 Å². The fourth-order valence-corrected chi connectivity index (χ4v) is 3.68. The molecule has 0 saturated carbocycles. The Morgan fingerprint density at radius 1 is 0.808 bits per heavy atom. The number of anilines is 1. The zero-order chi connectivity index (χ0) is 18.1. The van der Waals surface area contributed by atoms with Crippen molar-refractivity contribution in [1.82, 2.24) is 9.80 Å². The molecule has 0 bridgehead atoms. The average Bonchev–Trinajstić information content (AvgIpc) is 3.12. The molecule has 5 heteroatoms. The van der Waals surface area contributed by atoms with Crippen LogP contribution < -0.4 is 4.90 Å². The van der Waals surface area contributed by atoms with E-state index >= 15 is 0 Å². The highest BCUT2D eigenvalue weighted by molar-refractivity contribution is 6.08. The summed E-state index contributed by atoms with van der Waals surface area (Å²) in [5.74, 6) is -0.0300. The highest BCUT2D eigenvalue weighted by Crippen LogP contribution is 2.29. The van der Waals surface area contributed by atoms with E-state index in [1.807, 2.05) is 28.0 Å². The fraction of sp³-hybridized carbons (Fsp3) is 0.333. The molecule has 1 saturated heterocycles. The minimum atomic E-state index is -0.0389. The normalized spacial score (nSPS) is 17.3. The van der Waals surface area contributed by atoms with E-state index in [1.54, 1.807) is 24.3 Å². The molecule has 134 valence electrons. The summed E-state index contributed by atoms with van der Waals surface area (Å²) >= 11 is 0. The molecule has 0 spiro atoms. The SMILES string of the molecule is CN1CCN(C(=O)c2cccc(C(=O)N3CCc4ccccc43)c2)CC1. The molecule has 0 unspecified atom stereocenters. The molecule has 2 aliphatic rings. The highest BCUT2D eigenvalue weighted by atomic mass is 16.2. The van der Waals surface area contributed by atoms with Gasteiger partial charge in [0.15, 0.2) is 0 Å². The number of carbonyl (C=O) groups excluding carboxylic acids is 2. The number of fused-ring (bicyclic) bond motifs is 1. The van der Waals surface area contributed by atoms with E-state index in [9.17, 15) is 9.59 Å². The van der Waals surface area contributed by atoms with Gasteiger partial charge >= 0.3 is 0 Å². The van der Waals surface area contributed by atoms with Crippen molar-refractivity contribution in [2.75, 3.05) is 44.7 Å². The highest BCUT2D eigenvalue weighted by Gasteiger charge is 2.26. The average molecular weight is 349 g/mol. The second kappa shape index (κ2) is 6.92. The number of nitrogens with zero attached hydrogens (tertiary/aromatic N) is 3. The largest absolute Gasteiger partial charge is 0.336 e. The number of rotatable bonds is 2. The summed E-state index contributed by atoms with van der Waals surface area (Å²) in [4.78, 5) is 31.7. The van der Waals surface area contributed by atoms with E-state index < -0.39 is 0 Å². The summed E-state index contributed by atoms with van der Waals surface area (Å²) in [6, 6.07) is 15.1. The number of carbonyl (C=O) groups is 2. The van der Waals surface area contributed by atoms with Crippen LogP contribution in [-0.4, -0.2) is 61.4 Å². The molecule has 0 radical (unpaired) electrons. The predicted molar refractivity (Wildman–Crippen MR) is 102 cm³/mol. The van der Waals surface area contributed by atoms with Crippen molar-refractivity contribution in [3.05, 3.63) is 65.2 Å². The molecule has 0 aromatic heterocycles.